The second kappa shape index (κ2) is 8.68. The summed E-state index contributed by atoms with van der Waals surface area (Å²) in [5, 5.41) is 2.97. The molecule has 1 aliphatic rings. The van der Waals surface area contributed by atoms with Crippen LogP contribution in [-0.2, 0) is 16.1 Å². The zero-order valence-corrected chi connectivity index (χ0v) is 14.5. The van der Waals surface area contributed by atoms with E-state index in [4.69, 9.17) is 10.5 Å². The number of rotatable bonds is 6. The van der Waals surface area contributed by atoms with Crippen LogP contribution in [0.15, 0.2) is 24.3 Å². The van der Waals surface area contributed by atoms with E-state index in [1.54, 1.807) is 20.2 Å². The second-order valence-electron chi connectivity index (χ2n) is 6.57. The molecule has 0 bridgehead atoms. The molecule has 0 spiro atoms. The number of benzene rings is 1. The fraction of sp³-hybridized carbons (Fsp3) is 0.556. The van der Waals surface area contributed by atoms with Gasteiger partial charge in [-0.25, -0.2) is 0 Å². The van der Waals surface area contributed by atoms with Crippen LogP contribution in [0.5, 0.6) is 5.75 Å². The summed E-state index contributed by atoms with van der Waals surface area (Å²) in [6.07, 6.45) is 3.70. The Labute approximate surface area is 143 Å². The van der Waals surface area contributed by atoms with Crippen molar-refractivity contribution in [1.29, 1.82) is 0 Å². The predicted octanol–water partition coefficient (Wildman–Crippen LogP) is 1.29. The minimum Gasteiger partial charge on any atom is -0.484 e. The molecule has 1 aromatic carbocycles. The molecular formula is C18H27N3O3. The van der Waals surface area contributed by atoms with Crippen LogP contribution in [0.2, 0.25) is 0 Å². The summed E-state index contributed by atoms with van der Waals surface area (Å²) >= 11 is 0. The number of nitrogens with one attached hydrogen (secondary N) is 1. The highest BCUT2D eigenvalue weighted by Gasteiger charge is 2.24. The molecule has 1 aliphatic carbocycles. The molecule has 0 aliphatic heterocycles. The Bertz CT molecular complexity index is 574. The molecule has 2 rings (SSSR count). The summed E-state index contributed by atoms with van der Waals surface area (Å²) < 4.78 is 5.49. The first-order valence-corrected chi connectivity index (χ1v) is 8.41. The molecule has 1 fully saturated rings. The Hall–Kier alpha value is -2.08. The van der Waals surface area contributed by atoms with Crippen molar-refractivity contribution >= 4 is 11.8 Å². The molecule has 0 aromatic heterocycles. The van der Waals surface area contributed by atoms with Crippen LogP contribution >= 0.6 is 0 Å². The van der Waals surface area contributed by atoms with Gasteiger partial charge in [-0.2, -0.15) is 0 Å². The van der Waals surface area contributed by atoms with Crippen molar-refractivity contribution in [3.8, 4) is 5.75 Å². The molecule has 24 heavy (non-hydrogen) atoms. The number of nitrogens with zero attached hydrogens (tertiary/aromatic N) is 1. The quantitative estimate of drug-likeness (QED) is 0.821. The Kier molecular flexibility index (Phi) is 6.61. The minimum atomic E-state index is -0.0951. The first kappa shape index (κ1) is 18.3. The molecule has 6 nitrogen and oxygen atoms in total. The zero-order valence-electron chi connectivity index (χ0n) is 14.5. The number of ether oxygens (including phenoxy) is 1. The Morgan fingerprint density at radius 1 is 1.33 bits per heavy atom. The van der Waals surface area contributed by atoms with Gasteiger partial charge in [-0.15, -0.1) is 0 Å². The van der Waals surface area contributed by atoms with Crippen LogP contribution in [0, 0.1) is 5.92 Å². The van der Waals surface area contributed by atoms with E-state index in [2.05, 4.69) is 5.32 Å². The fourth-order valence-corrected chi connectivity index (χ4v) is 2.82. The minimum absolute atomic E-state index is 0.00275. The smallest absolute Gasteiger partial charge is 0.259 e. The van der Waals surface area contributed by atoms with Gasteiger partial charge in [0, 0.05) is 32.6 Å². The van der Waals surface area contributed by atoms with Crippen molar-refractivity contribution in [2.24, 2.45) is 11.7 Å². The number of hydrogen-bond donors (Lipinski definition) is 2. The van der Waals surface area contributed by atoms with Crippen molar-refractivity contribution in [3.05, 3.63) is 29.8 Å². The average Bonchev–Trinajstić information content (AvgIpc) is 2.57. The highest BCUT2D eigenvalue weighted by atomic mass is 16.5. The third-order valence-corrected chi connectivity index (χ3v) is 4.31. The first-order chi connectivity index (χ1) is 11.5. The lowest BCUT2D eigenvalue weighted by molar-refractivity contribution is -0.130. The Morgan fingerprint density at radius 2 is 2.12 bits per heavy atom. The normalized spacial score (nSPS) is 20.3. The van der Waals surface area contributed by atoms with E-state index in [1.165, 1.54) is 4.90 Å². The van der Waals surface area contributed by atoms with Crippen molar-refractivity contribution in [1.82, 2.24) is 10.2 Å². The standard InChI is InChI=1S/C18H27N3O3/c1-21(2)17(22)12-24-16-8-3-5-13(9-16)11-20-18(23)14-6-4-7-15(19)10-14/h3,5,8-9,14-15H,4,6-7,10-12,19H2,1-2H3,(H,20,23). The van der Waals surface area contributed by atoms with E-state index in [9.17, 15) is 9.59 Å². The van der Waals surface area contributed by atoms with Crippen molar-refractivity contribution in [2.45, 2.75) is 38.3 Å². The van der Waals surface area contributed by atoms with E-state index in [1.807, 2.05) is 18.2 Å². The van der Waals surface area contributed by atoms with E-state index < -0.39 is 0 Å². The maximum absolute atomic E-state index is 12.2. The third kappa shape index (κ3) is 5.53. The molecule has 0 radical (unpaired) electrons. The molecule has 0 heterocycles. The Balaban J connectivity index is 1.83. The van der Waals surface area contributed by atoms with Gasteiger partial charge in [0.25, 0.3) is 5.91 Å². The van der Waals surface area contributed by atoms with Gasteiger partial charge in [0.15, 0.2) is 6.61 Å². The van der Waals surface area contributed by atoms with Crippen molar-refractivity contribution < 1.29 is 14.3 Å². The Morgan fingerprint density at radius 3 is 2.83 bits per heavy atom. The summed E-state index contributed by atoms with van der Waals surface area (Å²) in [6, 6.07) is 7.56. The fourth-order valence-electron chi connectivity index (χ4n) is 2.82. The van der Waals surface area contributed by atoms with Crippen LogP contribution in [0.4, 0.5) is 0 Å². The summed E-state index contributed by atoms with van der Waals surface area (Å²) in [7, 11) is 3.38. The van der Waals surface area contributed by atoms with Crippen LogP contribution in [0.1, 0.15) is 31.2 Å². The van der Waals surface area contributed by atoms with E-state index in [0.29, 0.717) is 12.3 Å². The molecule has 6 heteroatoms. The van der Waals surface area contributed by atoms with Gasteiger partial charge in [-0.1, -0.05) is 18.6 Å². The number of hydrogen-bond acceptors (Lipinski definition) is 4. The molecule has 2 unspecified atom stereocenters. The maximum Gasteiger partial charge on any atom is 0.259 e. The highest BCUT2D eigenvalue weighted by Crippen LogP contribution is 2.23. The largest absolute Gasteiger partial charge is 0.484 e. The molecule has 132 valence electrons. The lowest BCUT2D eigenvalue weighted by Crippen LogP contribution is -2.37. The van der Waals surface area contributed by atoms with Crippen LogP contribution in [0.3, 0.4) is 0 Å². The summed E-state index contributed by atoms with van der Waals surface area (Å²) in [5.41, 5.74) is 6.88. The van der Waals surface area contributed by atoms with E-state index in [0.717, 1.165) is 31.2 Å². The van der Waals surface area contributed by atoms with Gasteiger partial charge in [-0.3, -0.25) is 9.59 Å². The lowest BCUT2D eigenvalue weighted by atomic mass is 9.85. The average molecular weight is 333 g/mol. The topological polar surface area (TPSA) is 84.7 Å². The lowest BCUT2D eigenvalue weighted by Gasteiger charge is -2.25. The van der Waals surface area contributed by atoms with Gasteiger partial charge < -0.3 is 20.7 Å². The van der Waals surface area contributed by atoms with Crippen LogP contribution < -0.4 is 15.8 Å². The number of likely N-dealkylation sites (N-methyl/N-ethyl adjacent to an activating group) is 1. The van der Waals surface area contributed by atoms with Crippen molar-refractivity contribution in [2.75, 3.05) is 20.7 Å². The van der Waals surface area contributed by atoms with Gasteiger partial charge in [0.05, 0.1) is 0 Å². The van der Waals surface area contributed by atoms with Crippen LogP contribution in [0.25, 0.3) is 0 Å². The first-order valence-electron chi connectivity index (χ1n) is 8.41. The number of carbonyl (C=O) groups excluding carboxylic acids is 2. The summed E-state index contributed by atoms with van der Waals surface area (Å²) in [6.45, 7) is 0.451. The van der Waals surface area contributed by atoms with Gasteiger partial charge in [-0.05, 0) is 37.0 Å². The monoisotopic (exact) mass is 333 g/mol. The predicted molar refractivity (Wildman–Crippen MR) is 92.4 cm³/mol. The van der Waals surface area contributed by atoms with E-state index in [-0.39, 0.29) is 30.4 Å². The molecular weight excluding hydrogens is 306 g/mol. The molecule has 0 saturated heterocycles. The SMILES string of the molecule is CN(C)C(=O)COc1cccc(CNC(=O)C2CCCC(N)C2)c1. The molecule has 2 atom stereocenters. The van der Waals surface area contributed by atoms with Crippen LogP contribution in [-0.4, -0.2) is 43.5 Å². The van der Waals surface area contributed by atoms with Crippen molar-refractivity contribution in [3.63, 3.8) is 0 Å². The van der Waals surface area contributed by atoms with Gasteiger partial charge in [0.1, 0.15) is 5.75 Å². The number of nitrogens with two attached hydrogens (primary N) is 1. The maximum atomic E-state index is 12.2. The zero-order chi connectivity index (χ0) is 17.5. The van der Waals surface area contributed by atoms with Gasteiger partial charge >= 0.3 is 0 Å². The summed E-state index contributed by atoms with van der Waals surface area (Å²) in [5.74, 6) is 0.615. The molecule has 3 N–H and O–H groups in total. The molecule has 1 aromatic rings. The number of carbonyl (C=O) groups is 2. The highest BCUT2D eigenvalue weighted by molar-refractivity contribution is 5.78. The number of amides is 2. The third-order valence-electron chi connectivity index (χ3n) is 4.31. The summed E-state index contributed by atoms with van der Waals surface area (Å²) in [4.78, 5) is 25.3. The van der Waals surface area contributed by atoms with Gasteiger partial charge in [0.2, 0.25) is 5.91 Å². The molecule has 2 amide bonds. The van der Waals surface area contributed by atoms with E-state index >= 15 is 0 Å². The molecule has 1 saturated carbocycles. The second-order valence-corrected chi connectivity index (χ2v) is 6.57.